The van der Waals surface area contributed by atoms with E-state index in [1.165, 1.54) is 16.7 Å². The quantitative estimate of drug-likeness (QED) is 0.500. The molecule has 0 spiro atoms. The second-order valence-corrected chi connectivity index (χ2v) is 8.21. The van der Waals surface area contributed by atoms with Crippen molar-refractivity contribution in [2.24, 2.45) is 0 Å². The Bertz CT molecular complexity index is 612. The van der Waals surface area contributed by atoms with Crippen LogP contribution in [0.15, 0.2) is 42.5 Å². The second kappa shape index (κ2) is 6.73. The van der Waals surface area contributed by atoms with E-state index in [0.717, 1.165) is 6.42 Å². The van der Waals surface area contributed by atoms with E-state index < -0.39 is 0 Å². The number of hydrogen-bond acceptors (Lipinski definition) is 0. The molecule has 112 valence electrons. The minimum Gasteiger partial charge on any atom is -0.0835 e. The zero-order chi connectivity index (χ0) is 15.6. The summed E-state index contributed by atoms with van der Waals surface area (Å²) in [5, 5.41) is 1.21. The van der Waals surface area contributed by atoms with Crippen molar-refractivity contribution in [1.82, 2.24) is 0 Å². The number of rotatable bonds is 3. The van der Waals surface area contributed by atoms with Gasteiger partial charge in [0.1, 0.15) is 0 Å². The van der Waals surface area contributed by atoms with Crippen molar-refractivity contribution in [1.29, 1.82) is 0 Å². The van der Waals surface area contributed by atoms with Crippen molar-refractivity contribution < 1.29 is 0 Å². The lowest BCUT2D eigenvalue weighted by molar-refractivity contribution is 0.590. The summed E-state index contributed by atoms with van der Waals surface area (Å²) in [6, 6.07) is 14.6. The van der Waals surface area contributed by atoms with Crippen molar-refractivity contribution >= 4 is 39.1 Å². The molecule has 0 aromatic heterocycles. The summed E-state index contributed by atoms with van der Waals surface area (Å²) in [7, 11) is 0. The third kappa shape index (κ3) is 4.48. The van der Waals surface area contributed by atoms with Crippen LogP contribution in [0.4, 0.5) is 0 Å². The molecule has 0 bridgehead atoms. The molecule has 0 saturated heterocycles. The molecule has 21 heavy (non-hydrogen) atoms. The normalized spacial score (nSPS) is 13.2. The summed E-state index contributed by atoms with van der Waals surface area (Å²) in [6.45, 7) is 6.68. The summed E-state index contributed by atoms with van der Waals surface area (Å²) >= 11 is 15.8. The number of halogens is 3. The Morgan fingerprint density at radius 1 is 0.952 bits per heavy atom. The molecule has 0 aliphatic carbocycles. The maximum atomic E-state index is 6.07. The van der Waals surface area contributed by atoms with Crippen LogP contribution in [0.2, 0.25) is 10.0 Å². The van der Waals surface area contributed by atoms with E-state index in [4.69, 9.17) is 23.2 Å². The predicted octanol–water partition coefficient (Wildman–Crippen LogP) is 6.97. The molecule has 2 aromatic rings. The SMILES string of the molecule is CC(C)(C)c1ccc(C(Br)Cc2ccc(Cl)c(Cl)c2)cc1. The van der Waals surface area contributed by atoms with Crippen molar-refractivity contribution in [3.63, 3.8) is 0 Å². The van der Waals surface area contributed by atoms with Crippen LogP contribution in [0.25, 0.3) is 0 Å². The average molecular weight is 386 g/mol. The van der Waals surface area contributed by atoms with Crippen molar-refractivity contribution in [2.45, 2.75) is 37.4 Å². The van der Waals surface area contributed by atoms with Gasteiger partial charge >= 0.3 is 0 Å². The van der Waals surface area contributed by atoms with Crippen molar-refractivity contribution in [3.8, 4) is 0 Å². The third-order valence-corrected chi connectivity index (χ3v) is 5.13. The lowest BCUT2D eigenvalue weighted by atomic mass is 9.86. The number of hydrogen-bond donors (Lipinski definition) is 0. The third-order valence-electron chi connectivity index (χ3n) is 3.54. The van der Waals surface area contributed by atoms with Crippen LogP contribution in [-0.4, -0.2) is 0 Å². The van der Waals surface area contributed by atoms with Gasteiger partial charge in [-0.3, -0.25) is 0 Å². The Hall–Kier alpha value is -0.500. The van der Waals surface area contributed by atoms with Crippen LogP contribution in [0, 0.1) is 0 Å². The lowest BCUT2D eigenvalue weighted by Crippen LogP contribution is -2.10. The summed E-state index contributed by atoms with van der Waals surface area (Å²) in [4.78, 5) is 0.267. The minimum absolute atomic E-state index is 0.185. The van der Waals surface area contributed by atoms with Crippen molar-refractivity contribution in [2.75, 3.05) is 0 Å². The van der Waals surface area contributed by atoms with Gasteiger partial charge in [0.2, 0.25) is 0 Å². The molecule has 0 radical (unpaired) electrons. The fourth-order valence-electron chi connectivity index (χ4n) is 2.18. The molecule has 0 aliphatic heterocycles. The molecular weight excluding hydrogens is 367 g/mol. The Morgan fingerprint density at radius 3 is 2.10 bits per heavy atom. The molecule has 0 nitrogen and oxygen atoms in total. The summed E-state index contributed by atoms with van der Waals surface area (Å²) in [5.74, 6) is 0. The molecule has 0 fully saturated rings. The summed E-state index contributed by atoms with van der Waals surface area (Å²) in [5.41, 5.74) is 3.98. The first-order valence-corrected chi connectivity index (χ1v) is 8.63. The van der Waals surface area contributed by atoms with Crippen LogP contribution in [0.5, 0.6) is 0 Å². The highest BCUT2D eigenvalue weighted by atomic mass is 79.9. The number of benzene rings is 2. The monoisotopic (exact) mass is 384 g/mol. The molecular formula is C18H19BrCl2. The molecule has 2 rings (SSSR count). The van der Waals surface area contributed by atoms with Gasteiger partial charge in [0.25, 0.3) is 0 Å². The van der Waals surface area contributed by atoms with E-state index in [-0.39, 0.29) is 10.2 Å². The first kappa shape index (κ1) is 16.9. The van der Waals surface area contributed by atoms with Gasteiger partial charge in [0.05, 0.1) is 10.0 Å². The van der Waals surface area contributed by atoms with E-state index >= 15 is 0 Å². The highest BCUT2D eigenvalue weighted by Gasteiger charge is 2.15. The maximum absolute atomic E-state index is 6.07. The van der Waals surface area contributed by atoms with E-state index in [1.807, 2.05) is 18.2 Å². The minimum atomic E-state index is 0.185. The predicted molar refractivity (Wildman–Crippen MR) is 97.0 cm³/mol. The Kier molecular flexibility index (Phi) is 5.40. The lowest BCUT2D eigenvalue weighted by Gasteiger charge is -2.20. The molecule has 0 saturated carbocycles. The molecule has 0 N–H and O–H groups in total. The average Bonchev–Trinajstić information content (AvgIpc) is 2.42. The molecule has 0 heterocycles. The summed E-state index contributed by atoms with van der Waals surface area (Å²) in [6.07, 6.45) is 0.881. The van der Waals surface area contributed by atoms with Gasteiger partial charge in [-0.1, -0.05) is 90.2 Å². The number of alkyl halides is 1. The van der Waals surface area contributed by atoms with Crippen LogP contribution >= 0.6 is 39.1 Å². The molecule has 0 aliphatic rings. The molecule has 1 atom stereocenters. The molecule has 1 unspecified atom stereocenters. The van der Waals surface area contributed by atoms with E-state index in [1.54, 1.807) is 0 Å². The van der Waals surface area contributed by atoms with Crippen molar-refractivity contribution in [3.05, 3.63) is 69.2 Å². The van der Waals surface area contributed by atoms with Gasteiger partial charge in [-0.25, -0.2) is 0 Å². The fourth-order valence-corrected chi connectivity index (χ4v) is 3.18. The second-order valence-electron chi connectivity index (χ2n) is 6.29. The van der Waals surface area contributed by atoms with E-state index in [2.05, 4.69) is 61.0 Å². The van der Waals surface area contributed by atoms with E-state index in [9.17, 15) is 0 Å². The van der Waals surface area contributed by atoms with Crippen LogP contribution in [0.3, 0.4) is 0 Å². The highest BCUT2D eigenvalue weighted by Crippen LogP contribution is 2.31. The fraction of sp³-hybridized carbons (Fsp3) is 0.333. The van der Waals surface area contributed by atoms with Crippen LogP contribution < -0.4 is 0 Å². The maximum Gasteiger partial charge on any atom is 0.0595 e. The smallest absolute Gasteiger partial charge is 0.0595 e. The van der Waals surface area contributed by atoms with Gasteiger partial charge in [0.15, 0.2) is 0 Å². The Balaban J connectivity index is 2.13. The molecule has 0 amide bonds. The van der Waals surface area contributed by atoms with Gasteiger partial charge in [-0.05, 0) is 40.7 Å². The van der Waals surface area contributed by atoms with Crippen LogP contribution in [0.1, 0.15) is 42.3 Å². The first-order chi connectivity index (χ1) is 9.77. The summed E-state index contributed by atoms with van der Waals surface area (Å²) < 4.78 is 0. The highest BCUT2D eigenvalue weighted by molar-refractivity contribution is 9.09. The topological polar surface area (TPSA) is 0 Å². The zero-order valence-electron chi connectivity index (χ0n) is 12.5. The van der Waals surface area contributed by atoms with Gasteiger partial charge in [-0.15, -0.1) is 0 Å². The van der Waals surface area contributed by atoms with Crippen LogP contribution in [-0.2, 0) is 11.8 Å². The first-order valence-electron chi connectivity index (χ1n) is 6.96. The Morgan fingerprint density at radius 2 is 1.57 bits per heavy atom. The molecule has 2 aromatic carbocycles. The molecule has 3 heteroatoms. The van der Waals surface area contributed by atoms with Gasteiger partial charge in [0, 0.05) is 4.83 Å². The standard InChI is InChI=1S/C18H19BrCl2/c1-18(2,3)14-7-5-13(6-8-14)15(19)10-12-4-9-16(20)17(21)11-12/h4-9,11,15H,10H2,1-3H3. The van der Waals surface area contributed by atoms with E-state index in [0.29, 0.717) is 10.0 Å². The largest absolute Gasteiger partial charge is 0.0835 e. The van der Waals surface area contributed by atoms with Gasteiger partial charge < -0.3 is 0 Å². The Labute approximate surface area is 145 Å². The zero-order valence-corrected chi connectivity index (χ0v) is 15.6. The van der Waals surface area contributed by atoms with Gasteiger partial charge in [-0.2, -0.15) is 0 Å².